The average molecular weight is 341 g/mol. The van der Waals surface area contributed by atoms with Gasteiger partial charge in [-0.2, -0.15) is 4.99 Å². The number of fused-ring (bicyclic) bond motifs is 1. The summed E-state index contributed by atoms with van der Waals surface area (Å²) in [6.45, 7) is 8.07. The lowest BCUT2D eigenvalue weighted by molar-refractivity contribution is -0.129. The smallest absolute Gasteiger partial charge is 0.249 e. The van der Waals surface area contributed by atoms with Crippen LogP contribution in [0.5, 0.6) is 0 Å². The number of guanidine groups is 1. The summed E-state index contributed by atoms with van der Waals surface area (Å²) in [5.74, 6) is 0.977. The first kappa shape index (κ1) is 17.0. The number of nitrogens with zero attached hydrogens (tertiary/aromatic N) is 2. The zero-order chi connectivity index (χ0) is 18.1. The van der Waals surface area contributed by atoms with Crippen molar-refractivity contribution in [2.45, 2.75) is 46.1 Å². The van der Waals surface area contributed by atoms with Gasteiger partial charge in [-0.05, 0) is 43.0 Å². The number of allylic oxidation sites excluding steroid dienone is 1. The van der Waals surface area contributed by atoms with Gasteiger partial charge in [-0.3, -0.25) is 20.3 Å². The van der Waals surface area contributed by atoms with Crippen molar-refractivity contribution in [1.82, 2.24) is 15.8 Å². The first-order chi connectivity index (χ1) is 11.8. The van der Waals surface area contributed by atoms with E-state index in [0.717, 1.165) is 5.57 Å². The van der Waals surface area contributed by atoms with E-state index >= 15 is 0 Å². The van der Waals surface area contributed by atoms with Gasteiger partial charge in [0.2, 0.25) is 17.8 Å². The van der Waals surface area contributed by atoms with Gasteiger partial charge in [-0.25, -0.2) is 5.01 Å². The zero-order valence-electron chi connectivity index (χ0n) is 14.9. The van der Waals surface area contributed by atoms with Crippen LogP contribution in [0.4, 0.5) is 5.69 Å². The predicted octanol–water partition coefficient (Wildman–Crippen LogP) is 2.06. The number of hydrazine groups is 1. The van der Waals surface area contributed by atoms with Crippen molar-refractivity contribution in [3.8, 4) is 0 Å². The molecule has 1 saturated heterocycles. The van der Waals surface area contributed by atoms with Gasteiger partial charge in [0.15, 0.2) is 0 Å². The van der Waals surface area contributed by atoms with Gasteiger partial charge < -0.3 is 5.32 Å². The van der Waals surface area contributed by atoms with E-state index in [1.807, 2.05) is 38.1 Å². The number of aliphatic imine (C=N–C) groups is 1. The number of carbonyl (C=O) groups is 2. The van der Waals surface area contributed by atoms with Crippen LogP contribution in [-0.4, -0.2) is 28.8 Å². The van der Waals surface area contributed by atoms with Gasteiger partial charge in [-0.15, -0.1) is 0 Å². The molecule has 3 rings (SSSR count). The summed E-state index contributed by atoms with van der Waals surface area (Å²) in [6.07, 6.45) is 0.0674. The highest BCUT2D eigenvalue weighted by molar-refractivity contribution is 6.07. The van der Waals surface area contributed by atoms with Gasteiger partial charge in [-0.1, -0.05) is 26.0 Å². The molecule has 25 heavy (non-hydrogen) atoms. The van der Waals surface area contributed by atoms with Gasteiger partial charge in [0.25, 0.3) is 0 Å². The first-order valence-electron chi connectivity index (χ1n) is 8.38. The molecule has 0 radical (unpaired) electrons. The summed E-state index contributed by atoms with van der Waals surface area (Å²) in [5, 5.41) is 7.19. The Bertz CT molecular complexity index is 760. The van der Waals surface area contributed by atoms with Crippen LogP contribution in [0.3, 0.4) is 0 Å². The van der Waals surface area contributed by atoms with E-state index in [2.05, 4.69) is 34.9 Å². The molecular formula is C18H23N5O2. The molecule has 1 atom stereocenters. The Hall–Kier alpha value is -2.83. The molecule has 3 N–H and O–H groups in total. The Balaban J connectivity index is 1.76. The first-order valence-corrected chi connectivity index (χ1v) is 8.38. The zero-order valence-corrected chi connectivity index (χ0v) is 14.9. The fourth-order valence-electron chi connectivity index (χ4n) is 2.72. The van der Waals surface area contributed by atoms with E-state index in [1.54, 1.807) is 5.01 Å². The molecule has 7 nitrogen and oxygen atoms in total. The number of hydrogen-bond acceptors (Lipinski definition) is 5. The molecule has 1 aromatic rings. The van der Waals surface area contributed by atoms with Gasteiger partial charge in [0, 0.05) is 5.69 Å². The fraction of sp³-hybridized carbons (Fsp3) is 0.389. The molecule has 0 unspecified atom stereocenters. The van der Waals surface area contributed by atoms with E-state index in [4.69, 9.17) is 0 Å². The molecule has 0 bridgehead atoms. The van der Waals surface area contributed by atoms with Gasteiger partial charge >= 0.3 is 0 Å². The van der Waals surface area contributed by atoms with Crippen LogP contribution in [-0.2, 0) is 9.59 Å². The van der Waals surface area contributed by atoms with Gasteiger partial charge in [0.05, 0.1) is 6.42 Å². The molecule has 2 amide bonds. The topological polar surface area (TPSA) is 85.8 Å². The van der Waals surface area contributed by atoms with Crippen LogP contribution < -0.4 is 16.1 Å². The Morgan fingerprint density at radius 1 is 1.28 bits per heavy atom. The van der Waals surface area contributed by atoms with E-state index in [9.17, 15) is 9.59 Å². The molecule has 0 saturated carbocycles. The Morgan fingerprint density at radius 2 is 1.96 bits per heavy atom. The van der Waals surface area contributed by atoms with Crippen molar-refractivity contribution < 1.29 is 9.59 Å². The fourth-order valence-corrected chi connectivity index (χ4v) is 2.72. The molecule has 2 heterocycles. The highest BCUT2D eigenvalue weighted by Crippen LogP contribution is 2.21. The number of benzene rings is 1. The summed E-state index contributed by atoms with van der Waals surface area (Å²) >= 11 is 0. The summed E-state index contributed by atoms with van der Waals surface area (Å²) in [4.78, 5) is 29.0. The number of hydrogen-bond donors (Lipinski definition) is 3. The van der Waals surface area contributed by atoms with Crippen LogP contribution in [0.15, 0.2) is 40.7 Å². The van der Waals surface area contributed by atoms with Crippen LogP contribution in [0.2, 0.25) is 0 Å². The number of amides is 2. The third-order valence-electron chi connectivity index (χ3n) is 4.24. The second kappa shape index (κ2) is 6.58. The summed E-state index contributed by atoms with van der Waals surface area (Å²) in [5.41, 5.74) is 5.98. The van der Waals surface area contributed by atoms with E-state index < -0.39 is 6.04 Å². The third kappa shape index (κ3) is 3.50. The number of rotatable bonds is 3. The predicted molar refractivity (Wildman–Crippen MR) is 96.5 cm³/mol. The van der Waals surface area contributed by atoms with E-state index in [0.29, 0.717) is 23.4 Å². The maximum absolute atomic E-state index is 12.7. The Morgan fingerprint density at radius 3 is 2.56 bits per heavy atom. The molecule has 0 aliphatic carbocycles. The summed E-state index contributed by atoms with van der Waals surface area (Å²) in [7, 11) is 0. The number of nitrogens with one attached hydrogen (secondary N) is 3. The second-order valence-corrected chi connectivity index (χ2v) is 6.80. The normalized spacial score (nSPS) is 19.2. The second-order valence-electron chi connectivity index (χ2n) is 6.80. The monoisotopic (exact) mass is 341 g/mol. The van der Waals surface area contributed by atoms with Crippen molar-refractivity contribution in [1.29, 1.82) is 0 Å². The van der Waals surface area contributed by atoms with Crippen molar-refractivity contribution in [2.75, 3.05) is 5.32 Å². The highest BCUT2D eigenvalue weighted by atomic mass is 16.2. The quantitative estimate of drug-likeness (QED) is 0.785. The van der Waals surface area contributed by atoms with Crippen LogP contribution in [0, 0.1) is 0 Å². The van der Waals surface area contributed by atoms with Crippen molar-refractivity contribution >= 4 is 23.5 Å². The minimum atomic E-state index is -0.658. The van der Waals surface area contributed by atoms with Crippen molar-refractivity contribution in [2.24, 2.45) is 4.99 Å². The van der Waals surface area contributed by atoms with E-state index in [-0.39, 0.29) is 18.2 Å². The maximum atomic E-state index is 12.7. The molecule has 2 aliphatic rings. The van der Waals surface area contributed by atoms with Crippen molar-refractivity contribution in [3.63, 3.8) is 0 Å². The molecule has 0 aromatic heterocycles. The standard InChI is InChI=1S/C18H23N5O2/c1-10(2)12-5-7-13(8-6-12)19-17(25)14-9-15(24)20-18-21-16(11(3)4)22-23(14)18/h5-8,10,14,22H,9H2,1-4H3,(H,19,25)(H,20,21,24)/t14-/m1/s1. The average Bonchev–Trinajstić information content (AvgIpc) is 2.98. The Kier molecular flexibility index (Phi) is 4.48. The molecule has 7 heteroatoms. The molecule has 1 fully saturated rings. The molecular weight excluding hydrogens is 318 g/mol. The molecule has 0 spiro atoms. The van der Waals surface area contributed by atoms with Crippen molar-refractivity contribution in [3.05, 3.63) is 41.2 Å². The Labute approximate surface area is 147 Å². The lowest BCUT2D eigenvalue weighted by Crippen LogP contribution is -2.61. The molecule has 2 aliphatic heterocycles. The minimum Gasteiger partial charge on any atom is -0.324 e. The largest absolute Gasteiger partial charge is 0.324 e. The summed E-state index contributed by atoms with van der Waals surface area (Å²) in [6, 6.07) is 7.09. The lowest BCUT2D eigenvalue weighted by atomic mass is 10.0. The molecule has 132 valence electrons. The number of anilines is 1. The van der Waals surface area contributed by atoms with Crippen LogP contribution >= 0.6 is 0 Å². The number of carbonyl (C=O) groups excluding carboxylic acids is 2. The third-order valence-corrected chi connectivity index (χ3v) is 4.24. The van der Waals surface area contributed by atoms with E-state index in [1.165, 1.54) is 5.56 Å². The SMILES string of the molecule is CC(C)=C1N=C2NC(=O)C[C@H](C(=O)Nc3ccc(C(C)C)cc3)N2N1. The van der Waals surface area contributed by atoms with Gasteiger partial charge in [0.1, 0.15) is 11.9 Å². The maximum Gasteiger partial charge on any atom is 0.249 e. The van der Waals surface area contributed by atoms with Crippen LogP contribution in [0.1, 0.15) is 45.6 Å². The molecule has 1 aromatic carbocycles. The minimum absolute atomic E-state index is 0.0674. The van der Waals surface area contributed by atoms with Crippen LogP contribution in [0.25, 0.3) is 0 Å². The lowest BCUT2D eigenvalue weighted by Gasteiger charge is -2.32. The summed E-state index contributed by atoms with van der Waals surface area (Å²) < 4.78 is 0. The highest BCUT2D eigenvalue weighted by Gasteiger charge is 2.39.